The third kappa shape index (κ3) is 6.13. The molecule has 2 aromatic carbocycles. The fourth-order valence-corrected chi connectivity index (χ4v) is 3.31. The van der Waals surface area contributed by atoms with E-state index in [1.54, 1.807) is 6.07 Å². The lowest BCUT2D eigenvalue weighted by Gasteiger charge is -2.30. The number of para-hydroxylation sites is 1. The third-order valence-corrected chi connectivity index (χ3v) is 4.81. The van der Waals surface area contributed by atoms with Crippen molar-refractivity contribution in [3.63, 3.8) is 0 Å². The molecular formula is C22H27F3N4O. The summed E-state index contributed by atoms with van der Waals surface area (Å²) in [6.07, 6.45) is -4.36. The predicted molar refractivity (Wildman–Crippen MR) is 113 cm³/mol. The lowest BCUT2D eigenvalue weighted by Crippen LogP contribution is -2.39. The zero-order chi connectivity index (χ0) is 21.4. The summed E-state index contributed by atoms with van der Waals surface area (Å²) in [5.74, 6) is 0.562. The summed E-state index contributed by atoms with van der Waals surface area (Å²) in [5.41, 5.74) is 2.13. The molecule has 0 bridgehead atoms. The Hall–Kier alpha value is -2.74. The van der Waals surface area contributed by atoms with Gasteiger partial charge in [-0.15, -0.1) is 0 Å². The van der Waals surface area contributed by atoms with Crippen LogP contribution in [0.1, 0.15) is 23.6 Å². The van der Waals surface area contributed by atoms with E-state index in [0.717, 1.165) is 36.5 Å². The number of nitrogens with one attached hydrogen (secondary N) is 2. The minimum atomic E-state index is -4.36. The molecule has 0 spiro atoms. The van der Waals surface area contributed by atoms with Crippen molar-refractivity contribution in [2.45, 2.75) is 26.2 Å². The highest BCUT2D eigenvalue weighted by Gasteiger charge is 2.30. The molecule has 1 aliphatic heterocycles. The molecule has 1 fully saturated rings. The van der Waals surface area contributed by atoms with Crippen LogP contribution in [0.4, 0.5) is 18.9 Å². The summed E-state index contributed by atoms with van der Waals surface area (Å²) in [6, 6.07) is 13.4. The standard InChI is InChI=1S/C22H27F3N4O/c1-2-26-21(27-15-17-6-5-8-19(14-17)22(23,24)25)28-16-18-7-3-4-9-20(18)29-10-12-30-13-11-29/h3-9,14H,2,10-13,15-16H2,1H3,(H2,26,27,28). The average molecular weight is 420 g/mol. The molecule has 30 heavy (non-hydrogen) atoms. The molecular weight excluding hydrogens is 393 g/mol. The Morgan fingerprint density at radius 3 is 2.57 bits per heavy atom. The molecule has 0 aromatic heterocycles. The SMILES string of the molecule is CCNC(=NCc1cccc(C(F)(F)F)c1)NCc1ccccc1N1CCOCC1. The Bertz CT molecular complexity index is 848. The Kier molecular flexibility index (Phi) is 7.57. The van der Waals surface area contributed by atoms with Gasteiger partial charge in [0.25, 0.3) is 0 Å². The molecule has 0 unspecified atom stereocenters. The molecule has 0 amide bonds. The van der Waals surface area contributed by atoms with E-state index < -0.39 is 11.7 Å². The van der Waals surface area contributed by atoms with Crippen LogP contribution in [0.3, 0.4) is 0 Å². The topological polar surface area (TPSA) is 48.9 Å². The third-order valence-electron chi connectivity index (χ3n) is 4.81. The molecule has 1 saturated heterocycles. The largest absolute Gasteiger partial charge is 0.416 e. The van der Waals surface area contributed by atoms with Crippen LogP contribution in [-0.2, 0) is 24.0 Å². The second-order valence-corrected chi connectivity index (χ2v) is 6.97. The van der Waals surface area contributed by atoms with Gasteiger partial charge in [0.2, 0.25) is 0 Å². The highest BCUT2D eigenvalue weighted by molar-refractivity contribution is 5.80. The average Bonchev–Trinajstić information content (AvgIpc) is 2.76. The molecule has 3 rings (SSSR count). The van der Waals surface area contributed by atoms with Gasteiger partial charge in [0.15, 0.2) is 5.96 Å². The molecule has 2 N–H and O–H groups in total. The Morgan fingerprint density at radius 2 is 1.83 bits per heavy atom. The number of morpholine rings is 1. The summed E-state index contributed by atoms with van der Waals surface area (Å²) in [7, 11) is 0. The minimum Gasteiger partial charge on any atom is -0.378 e. The first-order valence-electron chi connectivity index (χ1n) is 10.1. The van der Waals surface area contributed by atoms with Crippen molar-refractivity contribution >= 4 is 11.6 Å². The molecule has 1 aliphatic rings. The van der Waals surface area contributed by atoms with Gasteiger partial charge in [0.1, 0.15) is 0 Å². The summed E-state index contributed by atoms with van der Waals surface area (Å²) in [4.78, 5) is 6.76. The maximum absolute atomic E-state index is 12.9. The quantitative estimate of drug-likeness (QED) is 0.551. The van der Waals surface area contributed by atoms with E-state index in [9.17, 15) is 13.2 Å². The van der Waals surface area contributed by atoms with Gasteiger partial charge in [-0.2, -0.15) is 13.2 Å². The summed E-state index contributed by atoms with van der Waals surface area (Å²) in [6.45, 7) is 6.43. The molecule has 162 valence electrons. The van der Waals surface area contributed by atoms with Crippen molar-refractivity contribution in [3.05, 3.63) is 65.2 Å². The number of halogens is 3. The monoisotopic (exact) mass is 420 g/mol. The fourth-order valence-electron chi connectivity index (χ4n) is 3.31. The van der Waals surface area contributed by atoms with Gasteiger partial charge >= 0.3 is 6.18 Å². The van der Waals surface area contributed by atoms with E-state index in [1.165, 1.54) is 6.07 Å². The van der Waals surface area contributed by atoms with E-state index in [-0.39, 0.29) is 6.54 Å². The van der Waals surface area contributed by atoms with Crippen molar-refractivity contribution < 1.29 is 17.9 Å². The van der Waals surface area contributed by atoms with Gasteiger partial charge < -0.3 is 20.3 Å². The van der Waals surface area contributed by atoms with Crippen molar-refractivity contribution in [1.82, 2.24) is 10.6 Å². The molecule has 0 saturated carbocycles. The van der Waals surface area contributed by atoms with Gasteiger partial charge in [0.05, 0.1) is 25.3 Å². The molecule has 0 atom stereocenters. The lowest BCUT2D eigenvalue weighted by atomic mass is 10.1. The smallest absolute Gasteiger partial charge is 0.378 e. The van der Waals surface area contributed by atoms with Crippen LogP contribution in [0, 0.1) is 0 Å². The first kappa shape index (κ1) is 22.0. The number of alkyl halides is 3. The van der Waals surface area contributed by atoms with Gasteiger partial charge in [-0.05, 0) is 36.2 Å². The van der Waals surface area contributed by atoms with Crippen LogP contribution in [0.2, 0.25) is 0 Å². The van der Waals surface area contributed by atoms with Crippen molar-refractivity contribution in [1.29, 1.82) is 0 Å². The number of hydrogen-bond acceptors (Lipinski definition) is 3. The second kappa shape index (κ2) is 10.3. The van der Waals surface area contributed by atoms with Crippen LogP contribution in [0.25, 0.3) is 0 Å². The number of guanidine groups is 1. The van der Waals surface area contributed by atoms with E-state index in [4.69, 9.17) is 4.74 Å². The fraction of sp³-hybridized carbons (Fsp3) is 0.409. The van der Waals surface area contributed by atoms with Gasteiger partial charge in [-0.3, -0.25) is 0 Å². The number of nitrogens with zero attached hydrogens (tertiary/aromatic N) is 2. The van der Waals surface area contributed by atoms with Crippen molar-refractivity contribution in [2.24, 2.45) is 4.99 Å². The van der Waals surface area contributed by atoms with Crippen LogP contribution >= 0.6 is 0 Å². The van der Waals surface area contributed by atoms with Crippen LogP contribution in [0.5, 0.6) is 0 Å². The molecule has 0 radical (unpaired) electrons. The van der Waals surface area contributed by atoms with Gasteiger partial charge in [-0.25, -0.2) is 4.99 Å². The molecule has 5 nitrogen and oxygen atoms in total. The van der Waals surface area contributed by atoms with E-state index in [2.05, 4.69) is 32.7 Å². The molecule has 8 heteroatoms. The zero-order valence-corrected chi connectivity index (χ0v) is 17.0. The van der Waals surface area contributed by atoms with Crippen molar-refractivity contribution in [3.8, 4) is 0 Å². The molecule has 1 heterocycles. The number of anilines is 1. The number of rotatable bonds is 6. The van der Waals surface area contributed by atoms with E-state index in [0.29, 0.717) is 37.8 Å². The number of hydrogen-bond donors (Lipinski definition) is 2. The number of benzene rings is 2. The first-order valence-corrected chi connectivity index (χ1v) is 10.1. The first-order chi connectivity index (χ1) is 14.5. The Balaban J connectivity index is 1.68. The maximum Gasteiger partial charge on any atom is 0.416 e. The number of aliphatic imine (C=N–C) groups is 1. The molecule has 2 aromatic rings. The Morgan fingerprint density at radius 1 is 1.07 bits per heavy atom. The van der Waals surface area contributed by atoms with Crippen LogP contribution in [0.15, 0.2) is 53.5 Å². The van der Waals surface area contributed by atoms with Gasteiger partial charge in [-0.1, -0.05) is 30.3 Å². The highest BCUT2D eigenvalue weighted by Crippen LogP contribution is 2.29. The van der Waals surface area contributed by atoms with Crippen LogP contribution in [-0.4, -0.2) is 38.8 Å². The molecule has 0 aliphatic carbocycles. The van der Waals surface area contributed by atoms with E-state index >= 15 is 0 Å². The predicted octanol–water partition coefficient (Wildman–Crippen LogP) is 3.80. The minimum absolute atomic E-state index is 0.157. The van der Waals surface area contributed by atoms with Crippen LogP contribution < -0.4 is 15.5 Å². The lowest BCUT2D eigenvalue weighted by molar-refractivity contribution is -0.137. The van der Waals surface area contributed by atoms with Gasteiger partial charge in [0, 0.05) is 31.9 Å². The summed E-state index contributed by atoms with van der Waals surface area (Å²) in [5, 5.41) is 6.44. The van der Waals surface area contributed by atoms with E-state index in [1.807, 2.05) is 19.1 Å². The summed E-state index contributed by atoms with van der Waals surface area (Å²) < 4.78 is 44.2. The second-order valence-electron chi connectivity index (χ2n) is 6.97. The Labute approximate surface area is 174 Å². The highest BCUT2D eigenvalue weighted by atomic mass is 19.4. The summed E-state index contributed by atoms with van der Waals surface area (Å²) >= 11 is 0. The number of ether oxygens (including phenoxy) is 1. The normalized spacial score (nSPS) is 15.2. The maximum atomic E-state index is 12.9. The zero-order valence-electron chi connectivity index (χ0n) is 17.0. The van der Waals surface area contributed by atoms with Crippen molar-refractivity contribution in [2.75, 3.05) is 37.7 Å².